The zero-order valence-electron chi connectivity index (χ0n) is 11.2. The predicted octanol–water partition coefficient (Wildman–Crippen LogP) is 5.09. The van der Waals surface area contributed by atoms with E-state index in [2.05, 4.69) is 62.9 Å². The molecule has 1 atom stereocenters. The lowest BCUT2D eigenvalue weighted by Gasteiger charge is -2.20. The predicted molar refractivity (Wildman–Crippen MR) is 93.4 cm³/mol. The highest BCUT2D eigenvalue weighted by molar-refractivity contribution is 14.1. The van der Waals surface area contributed by atoms with E-state index in [4.69, 9.17) is 0 Å². The Hall–Kier alpha value is -0.460. The number of rotatable bonds is 5. The molecule has 1 nitrogen and oxygen atoms in total. The van der Waals surface area contributed by atoms with Crippen molar-refractivity contribution >= 4 is 38.5 Å². The zero-order chi connectivity index (χ0) is 14.5. The summed E-state index contributed by atoms with van der Waals surface area (Å²) in [7, 11) is 0. The Bertz CT molecular complexity index is 588. The third kappa shape index (κ3) is 4.02. The molecule has 0 saturated carbocycles. The summed E-state index contributed by atoms with van der Waals surface area (Å²) in [6.45, 7) is 2.93. The van der Waals surface area contributed by atoms with Crippen LogP contribution in [0, 0.1) is 9.39 Å². The average molecular weight is 448 g/mol. The highest BCUT2D eigenvalue weighted by Gasteiger charge is 2.16. The van der Waals surface area contributed by atoms with Crippen molar-refractivity contribution in [1.29, 1.82) is 0 Å². The van der Waals surface area contributed by atoms with Crippen LogP contribution in [0.25, 0.3) is 0 Å². The van der Waals surface area contributed by atoms with E-state index in [0.717, 1.165) is 16.6 Å². The lowest BCUT2D eigenvalue weighted by atomic mass is 9.98. The summed E-state index contributed by atoms with van der Waals surface area (Å²) >= 11 is 5.62. The Kier molecular flexibility index (Phi) is 5.99. The van der Waals surface area contributed by atoms with E-state index >= 15 is 0 Å². The van der Waals surface area contributed by atoms with Crippen LogP contribution in [-0.2, 0) is 6.42 Å². The Morgan fingerprint density at radius 2 is 2.00 bits per heavy atom. The quantitative estimate of drug-likeness (QED) is 0.629. The number of hydrogen-bond acceptors (Lipinski definition) is 1. The van der Waals surface area contributed by atoms with Crippen LogP contribution in [0.4, 0.5) is 4.39 Å². The molecule has 2 aromatic carbocycles. The van der Waals surface area contributed by atoms with Gasteiger partial charge in [0, 0.05) is 14.1 Å². The molecule has 20 heavy (non-hydrogen) atoms. The van der Waals surface area contributed by atoms with Crippen LogP contribution in [-0.4, -0.2) is 6.54 Å². The standard InChI is InChI=1S/C16H16BrFIN/c1-2-20-16(13-5-3-4-6-15(13)19)9-11-7-8-12(17)10-14(11)18/h3-8,10,16,20H,2,9H2,1H3. The lowest BCUT2D eigenvalue weighted by Crippen LogP contribution is -2.24. The van der Waals surface area contributed by atoms with Gasteiger partial charge in [-0.15, -0.1) is 0 Å². The van der Waals surface area contributed by atoms with E-state index in [-0.39, 0.29) is 11.9 Å². The number of hydrogen-bond donors (Lipinski definition) is 1. The molecule has 0 aromatic heterocycles. The van der Waals surface area contributed by atoms with Gasteiger partial charge in [-0.1, -0.05) is 47.1 Å². The van der Waals surface area contributed by atoms with Gasteiger partial charge in [0.25, 0.3) is 0 Å². The lowest BCUT2D eigenvalue weighted by molar-refractivity contribution is 0.526. The van der Waals surface area contributed by atoms with E-state index in [1.54, 1.807) is 0 Å². The second-order valence-corrected chi connectivity index (χ2v) is 6.65. The summed E-state index contributed by atoms with van der Waals surface area (Å²) in [6, 6.07) is 13.6. The van der Waals surface area contributed by atoms with Crippen LogP contribution in [0.15, 0.2) is 46.9 Å². The topological polar surface area (TPSA) is 12.0 Å². The minimum Gasteiger partial charge on any atom is -0.310 e. The van der Waals surface area contributed by atoms with Gasteiger partial charge in [-0.2, -0.15) is 0 Å². The molecule has 0 aliphatic carbocycles. The maximum absolute atomic E-state index is 14.0. The molecular formula is C16H16BrFIN. The van der Waals surface area contributed by atoms with Crippen LogP contribution in [0.2, 0.25) is 0 Å². The molecule has 0 bridgehead atoms. The van der Waals surface area contributed by atoms with Crippen molar-refractivity contribution in [3.8, 4) is 0 Å². The van der Waals surface area contributed by atoms with Crippen molar-refractivity contribution in [2.75, 3.05) is 6.54 Å². The molecule has 1 unspecified atom stereocenters. The van der Waals surface area contributed by atoms with Crippen LogP contribution in [0.1, 0.15) is 24.1 Å². The minimum absolute atomic E-state index is 0.128. The van der Waals surface area contributed by atoms with Gasteiger partial charge in [-0.3, -0.25) is 0 Å². The molecule has 2 aromatic rings. The largest absolute Gasteiger partial charge is 0.310 e. The molecule has 0 spiro atoms. The smallest absolute Gasteiger partial charge is 0.127 e. The maximum atomic E-state index is 14.0. The third-order valence-corrected chi connectivity index (χ3v) is 4.65. The number of nitrogens with one attached hydrogen (secondary N) is 1. The van der Waals surface area contributed by atoms with Gasteiger partial charge < -0.3 is 5.32 Å². The average Bonchev–Trinajstić information content (AvgIpc) is 2.42. The van der Waals surface area contributed by atoms with Crippen molar-refractivity contribution in [3.63, 3.8) is 0 Å². The first-order valence-corrected chi connectivity index (χ1v) is 8.40. The fourth-order valence-corrected chi connectivity index (χ4v) is 3.30. The second-order valence-electron chi connectivity index (χ2n) is 4.57. The van der Waals surface area contributed by atoms with Gasteiger partial charge in [0.2, 0.25) is 0 Å². The van der Waals surface area contributed by atoms with Crippen molar-refractivity contribution in [2.24, 2.45) is 0 Å². The molecular weight excluding hydrogens is 432 g/mol. The Morgan fingerprint density at radius 1 is 1.25 bits per heavy atom. The van der Waals surface area contributed by atoms with Gasteiger partial charge in [-0.05, 0) is 64.9 Å². The first-order valence-electron chi connectivity index (χ1n) is 6.53. The molecule has 0 fully saturated rings. The molecule has 1 N–H and O–H groups in total. The number of likely N-dealkylation sites (N-methyl/N-ethyl adjacent to an activating group) is 1. The van der Waals surface area contributed by atoms with Crippen LogP contribution in [0.3, 0.4) is 0 Å². The molecule has 0 heterocycles. The van der Waals surface area contributed by atoms with E-state index < -0.39 is 0 Å². The SMILES string of the molecule is CCNC(Cc1ccc(Br)cc1F)c1ccccc1I. The second kappa shape index (κ2) is 7.52. The van der Waals surface area contributed by atoms with Crippen molar-refractivity contribution in [1.82, 2.24) is 5.32 Å². The maximum Gasteiger partial charge on any atom is 0.127 e. The Morgan fingerprint density at radius 3 is 2.65 bits per heavy atom. The number of benzene rings is 2. The molecule has 0 aliphatic heterocycles. The van der Waals surface area contributed by atoms with E-state index in [1.807, 2.05) is 24.3 Å². The minimum atomic E-state index is -0.159. The molecule has 0 amide bonds. The summed E-state index contributed by atoms with van der Waals surface area (Å²) in [5, 5.41) is 3.45. The van der Waals surface area contributed by atoms with Gasteiger partial charge in [0.05, 0.1) is 0 Å². The number of halogens is 3. The summed E-state index contributed by atoms with van der Waals surface area (Å²) in [6.07, 6.45) is 0.646. The molecule has 0 radical (unpaired) electrons. The van der Waals surface area contributed by atoms with Gasteiger partial charge >= 0.3 is 0 Å². The van der Waals surface area contributed by atoms with E-state index in [0.29, 0.717) is 6.42 Å². The zero-order valence-corrected chi connectivity index (χ0v) is 14.9. The van der Waals surface area contributed by atoms with Crippen molar-refractivity contribution in [3.05, 3.63) is 67.5 Å². The van der Waals surface area contributed by atoms with E-state index in [9.17, 15) is 4.39 Å². The normalized spacial score (nSPS) is 12.4. The summed E-state index contributed by atoms with van der Waals surface area (Å²) in [5.41, 5.74) is 1.95. The molecule has 2 rings (SSSR count). The highest BCUT2D eigenvalue weighted by Crippen LogP contribution is 2.25. The molecule has 106 valence electrons. The van der Waals surface area contributed by atoms with Gasteiger partial charge in [-0.25, -0.2) is 4.39 Å². The molecule has 0 aliphatic rings. The van der Waals surface area contributed by atoms with Crippen molar-refractivity contribution < 1.29 is 4.39 Å². The van der Waals surface area contributed by atoms with Crippen LogP contribution in [0.5, 0.6) is 0 Å². The molecule has 4 heteroatoms. The van der Waals surface area contributed by atoms with Gasteiger partial charge in [0.1, 0.15) is 5.82 Å². The first-order chi connectivity index (χ1) is 9.61. The highest BCUT2D eigenvalue weighted by atomic mass is 127. The molecule has 0 saturated heterocycles. The fourth-order valence-electron chi connectivity index (χ4n) is 2.20. The Labute approximate surface area is 141 Å². The Balaban J connectivity index is 2.28. The third-order valence-electron chi connectivity index (χ3n) is 3.17. The van der Waals surface area contributed by atoms with Crippen molar-refractivity contribution in [2.45, 2.75) is 19.4 Å². The van der Waals surface area contributed by atoms with E-state index in [1.165, 1.54) is 15.2 Å². The van der Waals surface area contributed by atoms with Crippen LogP contribution >= 0.6 is 38.5 Å². The fraction of sp³-hybridized carbons (Fsp3) is 0.250. The van der Waals surface area contributed by atoms with Gasteiger partial charge in [0.15, 0.2) is 0 Å². The monoisotopic (exact) mass is 447 g/mol. The first kappa shape index (κ1) is 15.9. The summed E-state index contributed by atoms with van der Waals surface area (Å²) < 4.78 is 16.0. The van der Waals surface area contributed by atoms with Crippen LogP contribution < -0.4 is 5.32 Å². The summed E-state index contributed by atoms with van der Waals surface area (Å²) in [4.78, 5) is 0. The summed E-state index contributed by atoms with van der Waals surface area (Å²) in [5.74, 6) is -0.159.